The summed E-state index contributed by atoms with van der Waals surface area (Å²) in [5.74, 6) is 0.978. The molecule has 2 fully saturated rings. The maximum atomic E-state index is 3.77. The standard InChI is InChI=1S/C14H19N/c1-11-3-2-4-13(9-11)14-7-5-12(10-14)6-8-15-14/h2-4,9,12,15H,5-8,10H2,1H3. The van der Waals surface area contributed by atoms with Gasteiger partial charge in [-0.15, -0.1) is 0 Å². The quantitative estimate of drug-likeness (QED) is 0.736. The third-order valence-corrected chi connectivity index (χ3v) is 4.20. The SMILES string of the molecule is Cc1cccc(C23CCC(CCN2)C3)c1. The monoisotopic (exact) mass is 201 g/mol. The predicted molar refractivity (Wildman–Crippen MR) is 62.8 cm³/mol. The Hall–Kier alpha value is -0.820. The summed E-state index contributed by atoms with van der Waals surface area (Å²) in [7, 11) is 0. The van der Waals surface area contributed by atoms with E-state index < -0.39 is 0 Å². The molecule has 1 aromatic rings. The van der Waals surface area contributed by atoms with E-state index in [1.54, 1.807) is 0 Å². The molecule has 1 aliphatic heterocycles. The molecule has 1 N–H and O–H groups in total. The highest BCUT2D eigenvalue weighted by atomic mass is 15.0. The molecule has 2 bridgehead atoms. The Bertz CT molecular complexity index is 367. The van der Waals surface area contributed by atoms with Crippen molar-refractivity contribution in [2.75, 3.05) is 6.54 Å². The highest BCUT2D eigenvalue weighted by molar-refractivity contribution is 5.31. The van der Waals surface area contributed by atoms with Gasteiger partial charge >= 0.3 is 0 Å². The first-order valence-electron chi connectivity index (χ1n) is 6.11. The Morgan fingerprint density at radius 3 is 3.13 bits per heavy atom. The zero-order chi connectivity index (χ0) is 10.3. The summed E-state index contributed by atoms with van der Waals surface area (Å²) >= 11 is 0. The van der Waals surface area contributed by atoms with Crippen molar-refractivity contribution in [2.24, 2.45) is 5.92 Å². The predicted octanol–water partition coefficient (Wildman–Crippen LogP) is 2.98. The van der Waals surface area contributed by atoms with Crippen LogP contribution in [0.2, 0.25) is 0 Å². The van der Waals surface area contributed by atoms with Gasteiger partial charge in [0.15, 0.2) is 0 Å². The molecular weight excluding hydrogens is 182 g/mol. The smallest absolute Gasteiger partial charge is 0.0437 e. The third-order valence-electron chi connectivity index (χ3n) is 4.20. The lowest BCUT2D eigenvalue weighted by molar-refractivity contribution is 0.275. The van der Waals surface area contributed by atoms with Crippen LogP contribution in [0.1, 0.15) is 36.8 Å². The number of nitrogens with one attached hydrogen (secondary N) is 1. The van der Waals surface area contributed by atoms with Crippen LogP contribution in [0.3, 0.4) is 0 Å². The molecule has 15 heavy (non-hydrogen) atoms. The molecule has 1 nitrogen and oxygen atoms in total. The number of piperidine rings is 1. The van der Waals surface area contributed by atoms with Gasteiger partial charge in [0.2, 0.25) is 0 Å². The number of aryl methyl sites for hydroxylation is 1. The molecule has 0 radical (unpaired) electrons. The molecule has 1 heterocycles. The van der Waals surface area contributed by atoms with E-state index in [0.29, 0.717) is 5.54 Å². The fourth-order valence-corrected chi connectivity index (χ4v) is 3.38. The molecule has 1 saturated heterocycles. The van der Waals surface area contributed by atoms with E-state index in [2.05, 4.69) is 36.5 Å². The van der Waals surface area contributed by atoms with Gasteiger partial charge in [-0.25, -0.2) is 0 Å². The van der Waals surface area contributed by atoms with Crippen molar-refractivity contribution in [2.45, 2.75) is 38.1 Å². The van der Waals surface area contributed by atoms with Crippen molar-refractivity contribution < 1.29 is 0 Å². The first-order chi connectivity index (χ1) is 7.28. The van der Waals surface area contributed by atoms with E-state index in [0.717, 1.165) is 5.92 Å². The van der Waals surface area contributed by atoms with Crippen molar-refractivity contribution in [1.82, 2.24) is 5.32 Å². The molecule has 1 aliphatic carbocycles. The first kappa shape index (κ1) is 9.41. The van der Waals surface area contributed by atoms with Gasteiger partial charge in [0.05, 0.1) is 0 Å². The lowest BCUT2D eigenvalue weighted by Gasteiger charge is -2.35. The van der Waals surface area contributed by atoms with Gasteiger partial charge in [0.25, 0.3) is 0 Å². The van der Waals surface area contributed by atoms with Crippen molar-refractivity contribution in [3.8, 4) is 0 Å². The average Bonchev–Trinajstić information content (AvgIpc) is 2.56. The second-order valence-corrected chi connectivity index (χ2v) is 5.28. The molecule has 0 amide bonds. The van der Waals surface area contributed by atoms with Gasteiger partial charge < -0.3 is 5.32 Å². The highest BCUT2D eigenvalue weighted by Crippen LogP contribution is 2.46. The number of rotatable bonds is 1. The number of benzene rings is 1. The molecule has 1 heteroatoms. The Morgan fingerprint density at radius 2 is 2.27 bits per heavy atom. The first-order valence-corrected chi connectivity index (χ1v) is 6.11. The molecule has 1 saturated carbocycles. The maximum absolute atomic E-state index is 3.77. The Kier molecular flexibility index (Phi) is 2.10. The highest BCUT2D eigenvalue weighted by Gasteiger charge is 2.42. The minimum Gasteiger partial charge on any atom is -0.307 e. The van der Waals surface area contributed by atoms with Crippen LogP contribution >= 0.6 is 0 Å². The van der Waals surface area contributed by atoms with Gasteiger partial charge in [-0.05, 0) is 50.6 Å². The van der Waals surface area contributed by atoms with Crippen LogP contribution in [0.25, 0.3) is 0 Å². The lowest BCUT2D eigenvalue weighted by Crippen LogP contribution is -2.43. The largest absolute Gasteiger partial charge is 0.307 e. The second-order valence-electron chi connectivity index (χ2n) is 5.28. The molecule has 80 valence electrons. The normalized spacial score (nSPS) is 34.3. The summed E-state index contributed by atoms with van der Waals surface area (Å²) in [4.78, 5) is 0. The summed E-state index contributed by atoms with van der Waals surface area (Å²) < 4.78 is 0. The molecule has 2 aliphatic rings. The Morgan fingerprint density at radius 1 is 1.33 bits per heavy atom. The number of fused-ring (bicyclic) bond motifs is 2. The van der Waals surface area contributed by atoms with Crippen LogP contribution in [0, 0.1) is 12.8 Å². The van der Waals surface area contributed by atoms with E-state index >= 15 is 0 Å². The van der Waals surface area contributed by atoms with Gasteiger partial charge in [-0.1, -0.05) is 29.8 Å². The molecule has 1 aromatic carbocycles. The average molecular weight is 201 g/mol. The molecule has 0 spiro atoms. The van der Waals surface area contributed by atoms with Crippen molar-refractivity contribution in [3.63, 3.8) is 0 Å². The summed E-state index contributed by atoms with van der Waals surface area (Å²) in [6, 6.07) is 9.05. The van der Waals surface area contributed by atoms with E-state index in [-0.39, 0.29) is 0 Å². The van der Waals surface area contributed by atoms with E-state index in [9.17, 15) is 0 Å². The van der Waals surface area contributed by atoms with Crippen LogP contribution < -0.4 is 5.32 Å². The van der Waals surface area contributed by atoms with Crippen LogP contribution in [0.15, 0.2) is 24.3 Å². The summed E-state index contributed by atoms with van der Waals surface area (Å²) in [5, 5.41) is 3.77. The topological polar surface area (TPSA) is 12.0 Å². The minimum absolute atomic E-state index is 0.328. The summed E-state index contributed by atoms with van der Waals surface area (Å²) in [6.45, 7) is 3.40. The van der Waals surface area contributed by atoms with E-state index in [4.69, 9.17) is 0 Å². The minimum atomic E-state index is 0.328. The van der Waals surface area contributed by atoms with Crippen LogP contribution in [-0.2, 0) is 5.54 Å². The second kappa shape index (κ2) is 3.34. The van der Waals surface area contributed by atoms with Crippen molar-refractivity contribution in [3.05, 3.63) is 35.4 Å². The van der Waals surface area contributed by atoms with Crippen LogP contribution in [-0.4, -0.2) is 6.54 Å². The van der Waals surface area contributed by atoms with Gasteiger partial charge in [-0.3, -0.25) is 0 Å². The number of hydrogen-bond acceptors (Lipinski definition) is 1. The van der Waals surface area contributed by atoms with Gasteiger partial charge in [0.1, 0.15) is 0 Å². The van der Waals surface area contributed by atoms with Crippen molar-refractivity contribution in [1.29, 1.82) is 0 Å². The zero-order valence-electron chi connectivity index (χ0n) is 9.42. The molecule has 0 aromatic heterocycles. The molecule has 2 atom stereocenters. The fraction of sp³-hybridized carbons (Fsp3) is 0.571. The maximum Gasteiger partial charge on any atom is 0.0437 e. The lowest BCUT2D eigenvalue weighted by atomic mass is 9.83. The third kappa shape index (κ3) is 1.50. The Balaban J connectivity index is 1.98. The van der Waals surface area contributed by atoms with Crippen LogP contribution in [0.5, 0.6) is 0 Å². The van der Waals surface area contributed by atoms with Gasteiger partial charge in [0, 0.05) is 5.54 Å². The summed E-state index contributed by atoms with van der Waals surface area (Å²) in [6.07, 6.45) is 5.49. The van der Waals surface area contributed by atoms with E-state index in [1.165, 1.54) is 43.4 Å². The van der Waals surface area contributed by atoms with E-state index in [1.807, 2.05) is 0 Å². The summed E-state index contributed by atoms with van der Waals surface area (Å²) in [5.41, 5.74) is 3.23. The molecule has 2 unspecified atom stereocenters. The fourth-order valence-electron chi connectivity index (χ4n) is 3.38. The van der Waals surface area contributed by atoms with Crippen molar-refractivity contribution >= 4 is 0 Å². The number of hydrogen-bond donors (Lipinski definition) is 1. The Labute approximate surface area is 91.9 Å². The molecular formula is C14H19N. The molecule has 3 rings (SSSR count). The van der Waals surface area contributed by atoms with Crippen LogP contribution in [0.4, 0.5) is 0 Å². The zero-order valence-corrected chi connectivity index (χ0v) is 9.42. The van der Waals surface area contributed by atoms with Gasteiger partial charge in [-0.2, -0.15) is 0 Å².